The zero-order valence-electron chi connectivity index (χ0n) is 7.72. The van der Waals surface area contributed by atoms with Gasteiger partial charge >= 0.3 is 5.97 Å². The molecule has 1 unspecified atom stereocenters. The monoisotopic (exact) mass is 196 g/mol. The maximum atomic E-state index is 11.1. The predicted molar refractivity (Wildman–Crippen MR) is 47.7 cm³/mol. The van der Waals surface area contributed by atoms with Gasteiger partial charge in [0.05, 0.1) is 12.9 Å². The maximum Gasteiger partial charge on any atom is 0.313 e. The molecule has 14 heavy (non-hydrogen) atoms. The van der Waals surface area contributed by atoms with Gasteiger partial charge in [-0.2, -0.15) is 0 Å². The Balaban J connectivity index is 2.16. The molecular weight excluding hydrogens is 184 g/mol. The first kappa shape index (κ1) is 9.21. The lowest BCUT2D eigenvalue weighted by Gasteiger charge is -2.22. The van der Waals surface area contributed by atoms with Crippen LogP contribution >= 0.6 is 0 Å². The second-order valence-corrected chi connectivity index (χ2v) is 3.62. The van der Waals surface area contributed by atoms with Crippen molar-refractivity contribution in [2.45, 2.75) is 13.0 Å². The first-order chi connectivity index (χ1) is 6.73. The summed E-state index contributed by atoms with van der Waals surface area (Å²) in [5, 5.41) is 9.15. The quantitative estimate of drug-likeness (QED) is 0.758. The Bertz CT molecular complexity index is 315. The van der Waals surface area contributed by atoms with Crippen molar-refractivity contribution in [1.82, 2.24) is 9.55 Å². The first-order valence-corrected chi connectivity index (χ1v) is 4.50. The van der Waals surface area contributed by atoms with E-state index in [1.807, 2.05) is 0 Å². The molecule has 1 atom stereocenters. The van der Waals surface area contributed by atoms with E-state index in [4.69, 9.17) is 9.84 Å². The molecule has 0 radical (unpaired) electrons. The number of ether oxygens (including phenoxy) is 1. The van der Waals surface area contributed by atoms with E-state index in [2.05, 4.69) is 4.98 Å². The van der Waals surface area contributed by atoms with Gasteiger partial charge in [0.25, 0.3) is 0 Å². The van der Waals surface area contributed by atoms with Gasteiger partial charge in [-0.15, -0.1) is 0 Å². The maximum absolute atomic E-state index is 11.1. The van der Waals surface area contributed by atoms with Crippen molar-refractivity contribution < 1.29 is 14.6 Å². The van der Waals surface area contributed by atoms with E-state index < -0.39 is 11.4 Å². The van der Waals surface area contributed by atoms with Crippen LogP contribution in [0.25, 0.3) is 0 Å². The number of aliphatic carboxylic acids is 1. The molecule has 1 fully saturated rings. The highest BCUT2D eigenvalue weighted by atomic mass is 16.5. The van der Waals surface area contributed by atoms with Crippen LogP contribution in [0.1, 0.15) is 6.42 Å². The van der Waals surface area contributed by atoms with Gasteiger partial charge in [0.2, 0.25) is 0 Å². The Labute approximate surface area is 81.3 Å². The lowest BCUT2D eigenvalue weighted by Crippen LogP contribution is -2.35. The standard InChI is InChI=1S/C9H12N2O3/c12-8(13)9(1-4-14-6-9)5-11-3-2-10-7-11/h2-3,7H,1,4-6H2,(H,12,13). The normalized spacial score (nSPS) is 26.6. The summed E-state index contributed by atoms with van der Waals surface area (Å²) >= 11 is 0. The molecule has 0 amide bonds. The molecule has 5 nitrogen and oxygen atoms in total. The molecule has 1 aromatic rings. The van der Waals surface area contributed by atoms with Gasteiger partial charge in [-0.05, 0) is 6.42 Å². The molecule has 2 heterocycles. The predicted octanol–water partition coefficient (Wildman–Crippen LogP) is 0.374. The summed E-state index contributed by atoms with van der Waals surface area (Å²) in [6, 6.07) is 0. The van der Waals surface area contributed by atoms with Crippen molar-refractivity contribution in [3.63, 3.8) is 0 Å². The van der Waals surface area contributed by atoms with Crippen molar-refractivity contribution in [1.29, 1.82) is 0 Å². The van der Waals surface area contributed by atoms with Crippen LogP contribution < -0.4 is 0 Å². The summed E-state index contributed by atoms with van der Waals surface area (Å²) in [6.07, 6.45) is 5.61. The third kappa shape index (κ3) is 1.50. The SMILES string of the molecule is O=C(O)C1(Cn2ccnc2)CCOC1. The third-order valence-corrected chi connectivity index (χ3v) is 2.60. The molecule has 2 rings (SSSR count). The Hall–Kier alpha value is -1.36. The van der Waals surface area contributed by atoms with Crippen LogP contribution in [0, 0.1) is 5.41 Å². The zero-order chi connectivity index (χ0) is 10.0. The number of hydrogen-bond donors (Lipinski definition) is 1. The third-order valence-electron chi connectivity index (χ3n) is 2.60. The van der Waals surface area contributed by atoms with E-state index in [9.17, 15) is 4.79 Å². The van der Waals surface area contributed by atoms with Crippen molar-refractivity contribution >= 4 is 5.97 Å². The van der Waals surface area contributed by atoms with Gasteiger partial charge in [-0.3, -0.25) is 4.79 Å². The van der Waals surface area contributed by atoms with Gasteiger partial charge in [0.15, 0.2) is 0 Å². The number of imidazole rings is 1. The second-order valence-electron chi connectivity index (χ2n) is 3.62. The van der Waals surface area contributed by atoms with Gasteiger partial charge in [-0.25, -0.2) is 4.98 Å². The van der Waals surface area contributed by atoms with Gasteiger partial charge in [0, 0.05) is 25.5 Å². The van der Waals surface area contributed by atoms with Crippen LogP contribution in [0.4, 0.5) is 0 Å². The van der Waals surface area contributed by atoms with E-state index >= 15 is 0 Å². The molecular formula is C9H12N2O3. The Morgan fingerprint density at radius 2 is 2.57 bits per heavy atom. The minimum Gasteiger partial charge on any atom is -0.481 e. The van der Waals surface area contributed by atoms with Crippen LogP contribution in [-0.2, 0) is 16.1 Å². The van der Waals surface area contributed by atoms with Crippen molar-refractivity contribution in [2.75, 3.05) is 13.2 Å². The Morgan fingerprint density at radius 3 is 3.07 bits per heavy atom. The summed E-state index contributed by atoms with van der Waals surface area (Å²) in [6.45, 7) is 1.25. The Kier molecular flexibility index (Phi) is 2.25. The average Bonchev–Trinajstić information content (AvgIpc) is 2.76. The van der Waals surface area contributed by atoms with E-state index in [1.165, 1.54) is 0 Å². The smallest absolute Gasteiger partial charge is 0.313 e. The van der Waals surface area contributed by atoms with Crippen LogP contribution in [0.5, 0.6) is 0 Å². The van der Waals surface area contributed by atoms with Crippen LogP contribution in [0.2, 0.25) is 0 Å². The minimum absolute atomic E-state index is 0.292. The molecule has 1 aromatic heterocycles. The fraction of sp³-hybridized carbons (Fsp3) is 0.556. The molecule has 1 saturated heterocycles. The average molecular weight is 196 g/mol. The lowest BCUT2D eigenvalue weighted by molar-refractivity contribution is -0.149. The molecule has 76 valence electrons. The van der Waals surface area contributed by atoms with E-state index in [0.29, 0.717) is 26.2 Å². The summed E-state index contributed by atoms with van der Waals surface area (Å²) in [7, 11) is 0. The largest absolute Gasteiger partial charge is 0.481 e. The Morgan fingerprint density at radius 1 is 1.71 bits per heavy atom. The summed E-state index contributed by atoms with van der Waals surface area (Å²) in [5.74, 6) is -0.788. The van der Waals surface area contributed by atoms with E-state index in [0.717, 1.165) is 0 Å². The number of aromatic nitrogens is 2. The topological polar surface area (TPSA) is 64.3 Å². The number of carboxylic acids is 1. The number of nitrogens with zero attached hydrogens (tertiary/aromatic N) is 2. The van der Waals surface area contributed by atoms with Crippen LogP contribution in [0.15, 0.2) is 18.7 Å². The molecule has 5 heteroatoms. The fourth-order valence-corrected chi connectivity index (χ4v) is 1.70. The van der Waals surface area contributed by atoms with Crippen LogP contribution in [-0.4, -0.2) is 33.8 Å². The van der Waals surface area contributed by atoms with Crippen molar-refractivity contribution in [3.8, 4) is 0 Å². The highest BCUT2D eigenvalue weighted by molar-refractivity contribution is 5.75. The molecule has 1 aliphatic heterocycles. The fourth-order valence-electron chi connectivity index (χ4n) is 1.70. The summed E-state index contributed by atoms with van der Waals surface area (Å²) in [4.78, 5) is 15.0. The molecule has 0 aromatic carbocycles. The van der Waals surface area contributed by atoms with Gasteiger partial charge in [0.1, 0.15) is 5.41 Å². The van der Waals surface area contributed by atoms with E-state index in [1.54, 1.807) is 23.3 Å². The second kappa shape index (κ2) is 3.42. The molecule has 0 bridgehead atoms. The highest BCUT2D eigenvalue weighted by Gasteiger charge is 2.42. The van der Waals surface area contributed by atoms with Gasteiger partial charge in [-0.1, -0.05) is 0 Å². The summed E-state index contributed by atoms with van der Waals surface area (Å²) < 4.78 is 6.94. The molecule has 0 aliphatic carbocycles. The van der Waals surface area contributed by atoms with Crippen molar-refractivity contribution in [2.24, 2.45) is 5.41 Å². The van der Waals surface area contributed by atoms with Crippen LogP contribution in [0.3, 0.4) is 0 Å². The molecule has 1 N–H and O–H groups in total. The highest BCUT2D eigenvalue weighted by Crippen LogP contribution is 2.30. The lowest BCUT2D eigenvalue weighted by atomic mass is 9.87. The number of hydrogen-bond acceptors (Lipinski definition) is 3. The number of rotatable bonds is 3. The van der Waals surface area contributed by atoms with Gasteiger partial charge < -0.3 is 14.4 Å². The molecule has 0 spiro atoms. The number of carbonyl (C=O) groups is 1. The molecule has 1 aliphatic rings. The first-order valence-electron chi connectivity index (χ1n) is 4.50. The summed E-state index contributed by atoms with van der Waals surface area (Å²) in [5.41, 5.74) is -0.763. The van der Waals surface area contributed by atoms with E-state index in [-0.39, 0.29) is 0 Å². The number of carboxylic acid groups (broad SMARTS) is 1. The molecule has 0 saturated carbocycles. The van der Waals surface area contributed by atoms with Crippen molar-refractivity contribution in [3.05, 3.63) is 18.7 Å². The minimum atomic E-state index is -0.788. The zero-order valence-corrected chi connectivity index (χ0v) is 7.72.